The van der Waals surface area contributed by atoms with Gasteiger partial charge in [-0.2, -0.15) is 5.10 Å². The molecule has 1 aliphatic rings. The molecule has 0 bridgehead atoms. The van der Waals surface area contributed by atoms with E-state index in [0.29, 0.717) is 31.7 Å². The Kier molecular flexibility index (Phi) is 6.08. The fourth-order valence-electron chi connectivity index (χ4n) is 3.27. The number of para-hydroxylation sites is 1. The van der Waals surface area contributed by atoms with E-state index >= 15 is 0 Å². The number of amides is 2. The lowest BCUT2D eigenvalue weighted by Crippen LogP contribution is -2.40. The first-order chi connectivity index (χ1) is 13.5. The van der Waals surface area contributed by atoms with Crippen molar-refractivity contribution >= 4 is 23.6 Å². The number of esters is 1. The Bertz CT molecular complexity index is 854. The highest BCUT2D eigenvalue weighted by molar-refractivity contribution is 6.01. The average molecular weight is 384 g/mol. The van der Waals surface area contributed by atoms with Crippen LogP contribution in [0.1, 0.15) is 37.0 Å². The van der Waals surface area contributed by atoms with Gasteiger partial charge < -0.3 is 15.0 Å². The lowest BCUT2D eigenvalue weighted by molar-refractivity contribution is -0.132. The van der Waals surface area contributed by atoms with Crippen LogP contribution in [0.4, 0.5) is 5.82 Å². The number of aromatic nitrogens is 2. The molecule has 8 heteroatoms. The molecule has 2 amide bonds. The van der Waals surface area contributed by atoms with E-state index in [9.17, 15) is 14.4 Å². The van der Waals surface area contributed by atoms with Crippen LogP contribution in [0.15, 0.2) is 36.5 Å². The molecule has 1 aromatic carbocycles. The molecule has 0 unspecified atom stereocenters. The van der Waals surface area contributed by atoms with Crippen LogP contribution in [0.5, 0.6) is 0 Å². The van der Waals surface area contributed by atoms with Gasteiger partial charge in [-0.05, 0) is 31.9 Å². The summed E-state index contributed by atoms with van der Waals surface area (Å²) in [7, 11) is 0. The third-order valence-electron chi connectivity index (χ3n) is 4.82. The number of rotatable bonds is 5. The second-order valence-corrected chi connectivity index (χ2v) is 6.64. The maximum absolute atomic E-state index is 12.9. The predicted molar refractivity (Wildman–Crippen MR) is 103 cm³/mol. The molecule has 1 aromatic heterocycles. The van der Waals surface area contributed by atoms with Gasteiger partial charge in [-0.3, -0.25) is 9.59 Å². The molecule has 8 nitrogen and oxygen atoms in total. The molecule has 1 N–H and O–H groups in total. The second kappa shape index (κ2) is 8.69. The zero-order chi connectivity index (χ0) is 20.1. The molecule has 0 saturated carbocycles. The molecule has 0 spiro atoms. The Labute approximate surface area is 163 Å². The van der Waals surface area contributed by atoms with Crippen molar-refractivity contribution in [2.45, 2.75) is 26.7 Å². The van der Waals surface area contributed by atoms with Gasteiger partial charge in [0.1, 0.15) is 5.56 Å². The van der Waals surface area contributed by atoms with Crippen molar-refractivity contribution in [3.8, 4) is 5.69 Å². The predicted octanol–water partition coefficient (Wildman–Crippen LogP) is 2.25. The molecule has 0 aliphatic carbocycles. The number of benzene rings is 1. The van der Waals surface area contributed by atoms with Crippen LogP contribution in [0, 0.1) is 5.92 Å². The summed E-state index contributed by atoms with van der Waals surface area (Å²) >= 11 is 0. The van der Waals surface area contributed by atoms with Crippen LogP contribution in [-0.4, -0.2) is 52.2 Å². The van der Waals surface area contributed by atoms with Crippen LogP contribution in [0.25, 0.3) is 5.69 Å². The number of carbonyl (C=O) groups excluding carboxylic acids is 3. The van der Waals surface area contributed by atoms with Gasteiger partial charge >= 0.3 is 5.97 Å². The van der Waals surface area contributed by atoms with E-state index in [-0.39, 0.29) is 29.9 Å². The average Bonchev–Trinajstić information content (AvgIpc) is 3.12. The zero-order valence-corrected chi connectivity index (χ0v) is 16.1. The summed E-state index contributed by atoms with van der Waals surface area (Å²) in [6.07, 6.45) is 2.57. The summed E-state index contributed by atoms with van der Waals surface area (Å²) in [6, 6.07) is 9.25. The number of hydrogen-bond acceptors (Lipinski definition) is 5. The minimum atomic E-state index is -0.536. The van der Waals surface area contributed by atoms with Crippen LogP contribution in [0.2, 0.25) is 0 Å². The van der Waals surface area contributed by atoms with Gasteiger partial charge in [-0.1, -0.05) is 18.2 Å². The summed E-state index contributed by atoms with van der Waals surface area (Å²) in [4.78, 5) is 38.4. The Hall–Kier alpha value is -3.16. The highest BCUT2D eigenvalue weighted by Crippen LogP contribution is 2.24. The molecular formula is C20H24N4O4. The number of anilines is 1. The maximum atomic E-state index is 12.9. The smallest absolute Gasteiger partial charge is 0.343 e. The molecule has 0 radical (unpaired) electrons. The van der Waals surface area contributed by atoms with Crippen molar-refractivity contribution in [2.24, 2.45) is 5.92 Å². The highest BCUT2D eigenvalue weighted by Gasteiger charge is 2.28. The molecule has 0 atom stereocenters. The van der Waals surface area contributed by atoms with E-state index in [2.05, 4.69) is 10.4 Å². The number of carbonyl (C=O) groups is 3. The van der Waals surface area contributed by atoms with E-state index in [1.54, 1.807) is 11.8 Å². The van der Waals surface area contributed by atoms with E-state index in [0.717, 1.165) is 5.69 Å². The first kappa shape index (κ1) is 19.6. The monoisotopic (exact) mass is 384 g/mol. The summed E-state index contributed by atoms with van der Waals surface area (Å²) in [5.74, 6) is -0.642. The molecule has 1 aliphatic heterocycles. The summed E-state index contributed by atoms with van der Waals surface area (Å²) in [6.45, 7) is 4.59. The van der Waals surface area contributed by atoms with Crippen molar-refractivity contribution in [1.29, 1.82) is 0 Å². The Balaban J connectivity index is 1.83. The van der Waals surface area contributed by atoms with Crippen LogP contribution in [0.3, 0.4) is 0 Å². The molecule has 2 aromatic rings. The van der Waals surface area contributed by atoms with Crippen LogP contribution >= 0.6 is 0 Å². The van der Waals surface area contributed by atoms with Gasteiger partial charge in [0.15, 0.2) is 5.82 Å². The summed E-state index contributed by atoms with van der Waals surface area (Å²) in [5.41, 5.74) is 0.931. The lowest BCUT2D eigenvalue weighted by atomic mass is 9.96. The standard InChI is InChI=1S/C20H24N4O4/c1-3-28-20(27)17-13-21-24(16-7-5-4-6-8-16)18(17)22-19(26)15-9-11-23(12-10-15)14(2)25/h4-8,13,15H,3,9-12H2,1-2H3,(H,22,26). The summed E-state index contributed by atoms with van der Waals surface area (Å²) < 4.78 is 6.62. The zero-order valence-electron chi connectivity index (χ0n) is 16.1. The fourth-order valence-corrected chi connectivity index (χ4v) is 3.27. The SMILES string of the molecule is CCOC(=O)c1cnn(-c2ccccc2)c1NC(=O)C1CCN(C(C)=O)CC1. The van der Waals surface area contributed by atoms with Gasteiger partial charge in [0.05, 0.1) is 18.5 Å². The Morgan fingerprint density at radius 1 is 1.18 bits per heavy atom. The van der Waals surface area contributed by atoms with Gasteiger partial charge in [-0.15, -0.1) is 0 Å². The number of nitrogens with one attached hydrogen (secondary N) is 1. The van der Waals surface area contributed by atoms with E-state index < -0.39 is 5.97 Å². The van der Waals surface area contributed by atoms with Crippen molar-refractivity contribution in [3.05, 3.63) is 42.1 Å². The Morgan fingerprint density at radius 3 is 2.46 bits per heavy atom. The molecule has 2 heterocycles. The van der Waals surface area contributed by atoms with E-state index in [1.807, 2.05) is 30.3 Å². The molecule has 148 valence electrons. The van der Waals surface area contributed by atoms with Gasteiger partial charge in [0.25, 0.3) is 0 Å². The first-order valence-corrected chi connectivity index (χ1v) is 9.38. The van der Waals surface area contributed by atoms with E-state index in [4.69, 9.17) is 4.74 Å². The number of hydrogen-bond donors (Lipinski definition) is 1. The fraction of sp³-hybridized carbons (Fsp3) is 0.400. The van der Waals surface area contributed by atoms with Crippen molar-refractivity contribution < 1.29 is 19.1 Å². The molecule has 3 rings (SSSR count). The van der Waals surface area contributed by atoms with Crippen molar-refractivity contribution in [2.75, 3.05) is 25.0 Å². The minimum absolute atomic E-state index is 0.0191. The van der Waals surface area contributed by atoms with Gasteiger partial charge in [0, 0.05) is 25.9 Å². The minimum Gasteiger partial charge on any atom is -0.462 e. The van der Waals surface area contributed by atoms with Crippen molar-refractivity contribution in [1.82, 2.24) is 14.7 Å². The largest absolute Gasteiger partial charge is 0.462 e. The number of nitrogens with zero attached hydrogens (tertiary/aromatic N) is 3. The normalized spacial score (nSPS) is 14.6. The molecular weight excluding hydrogens is 360 g/mol. The second-order valence-electron chi connectivity index (χ2n) is 6.64. The van der Waals surface area contributed by atoms with Crippen LogP contribution in [-0.2, 0) is 14.3 Å². The van der Waals surface area contributed by atoms with E-state index in [1.165, 1.54) is 17.8 Å². The quantitative estimate of drug-likeness (QED) is 0.798. The third-order valence-corrected chi connectivity index (χ3v) is 4.82. The van der Waals surface area contributed by atoms with Crippen LogP contribution < -0.4 is 5.32 Å². The number of piperidine rings is 1. The highest BCUT2D eigenvalue weighted by atomic mass is 16.5. The topological polar surface area (TPSA) is 93.5 Å². The van der Waals surface area contributed by atoms with Gasteiger partial charge in [0.2, 0.25) is 11.8 Å². The Morgan fingerprint density at radius 2 is 1.86 bits per heavy atom. The van der Waals surface area contributed by atoms with Crippen molar-refractivity contribution in [3.63, 3.8) is 0 Å². The molecule has 28 heavy (non-hydrogen) atoms. The maximum Gasteiger partial charge on any atom is 0.343 e. The summed E-state index contributed by atoms with van der Waals surface area (Å²) in [5, 5.41) is 7.14. The lowest BCUT2D eigenvalue weighted by Gasteiger charge is -2.30. The molecule has 1 saturated heterocycles. The third kappa shape index (κ3) is 4.21. The number of ether oxygens (including phenoxy) is 1. The van der Waals surface area contributed by atoms with Gasteiger partial charge in [-0.25, -0.2) is 9.48 Å². The molecule has 1 fully saturated rings. The first-order valence-electron chi connectivity index (χ1n) is 9.38. The number of likely N-dealkylation sites (tertiary alicyclic amines) is 1.